The van der Waals surface area contributed by atoms with Gasteiger partial charge in [0.25, 0.3) is 5.91 Å². The summed E-state index contributed by atoms with van der Waals surface area (Å²) in [6.07, 6.45) is 2.14. The highest BCUT2D eigenvalue weighted by Gasteiger charge is 2.29. The molecule has 1 aliphatic rings. The van der Waals surface area contributed by atoms with E-state index in [9.17, 15) is 13.2 Å². The van der Waals surface area contributed by atoms with Crippen molar-refractivity contribution in [2.45, 2.75) is 11.3 Å². The predicted molar refractivity (Wildman–Crippen MR) is 86.7 cm³/mol. The van der Waals surface area contributed by atoms with E-state index in [1.54, 1.807) is 48.5 Å². The lowest BCUT2D eigenvalue weighted by Gasteiger charge is -2.21. The molecule has 24 heavy (non-hydrogen) atoms. The fourth-order valence-corrected chi connectivity index (χ4v) is 4.18. The molecule has 1 amide bonds. The number of carbonyl (C=O) groups excluding carboxylic acids is 1. The molecule has 2 aromatic rings. The zero-order valence-electron chi connectivity index (χ0n) is 13.4. The van der Waals surface area contributed by atoms with Crippen LogP contribution in [-0.4, -0.2) is 64.7 Å². The van der Waals surface area contributed by atoms with E-state index >= 15 is 0 Å². The highest BCUT2D eigenvalue weighted by Crippen LogP contribution is 2.17. The molecule has 0 unspecified atom stereocenters. The number of carbonyl (C=O) groups is 1. The summed E-state index contributed by atoms with van der Waals surface area (Å²) in [6, 6.07) is 8.36. The number of aryl methyl sites for hydroxylation is 1. The summed E-state index contributed by atoms with van der Waals surface area (Å²) in [7, 11) is -1.84. The molecule has 1 saturated heterocycles. The predicted octanol–water partition coefficient (Wildman–Crippen LogP) is 0.352. The Bertz CT molecular complexity index is 819. The zero-order chi connectivity index (χ0) is 17.2. The fraction of sp³-hybridized carbons (Fsp3) is 0.400. The second kappa shape index (κ2) is 6.70. The minimum absolute atomic E-state index is 0.220. The molecule has 2 heterocycles. The van der Waals surface area contributed by atoms with Gasteiger partial charge in [-0.25, -0.2) is 8.42 Å². The van der Waals surface area contributed by atoms with Gasteiger partial charge in [0.15, 0.2) is 5.69 Å². The maximum Gasteiger partial charge on any atom is 0.276 e. The van der Waals surface area contributed by atoms with Crippen molar-refractivity contribution in [3.63, 3.8) is 0 Å². The summed E-state index contributed by atoms with van der Waals surface area (Å²) in [4.78, 5) is 14.3. The second-order valence-corrected chi connectivity index (χ2v) is 7.58. The zero-order valence-corrected chi connectivity index (χ0v) is 14.2. The number of hydrogen-bond donors (Lipinski definition) is 0. The number of rotatable bonds is 3. The van der Waals surface area contributed by atoms with E-state index in [0.29, 0.717) is 26.1 Å². The molecular formula is C15H19N5O3S. The van der Waals surface area contributed by atoms with Crippen LogP contribution in [0.2, 0.25) is 0 Å². The van der Waals surface area contributed by atoms with Crippen molar-refractivity contribution in [3.05, 3.63) is 42.2 Å². The monoisotopic (exact) mass is 349 g/mol. The van der Waals surface area contributed by atoms with E-state index in [2.05, 4.69) is 10.3 Å². The van der Waals surface area contributed by atoms with Crippen molar-refractivity contribution in [1.29, 1.82) is 0 Å². The molecule has 0 saturated carbocycles. The van der Waals surface area contributed by atoms with Gasteiger partial charge in [-0.1, -0.05) is 23.4 Å². The van der Waals surface area contributed by atoms with E-state index in [1.165, 1.54) is 8.99 Å². The molecule has 0 atom stereocenters. The Morgan fingerprint density at radius 1 is 1.08 bits per heavy atom. The van der Waals surface area contributed by atoms with Crippen molar-refractivity contribution in [2.24, 2.45) is 7.05 Å². The van der Waals surface area contributed by atoms with E-state index in [1.807, 2.05) is 0 Å². The number of amides is 1. The minimum atomic E-state index is -3.53. The molecule has 1 aromatic carbocycles. The largest absolute Gasteiger partial charge is 0.336 e. The highest BCUT2D eigenvalue weighted by atomic mass is 32.2. The Balaban J connectivity index is 1.72. The molecule has 0 aliphatic carbocycles. The van der Waals surface area contributed by atoms with Gasteiger partial charge in [0.2, 0.25) is 10.0 Å². The van der Waals surface area contributed by atoms with Gasteiger partial charge in [-0.2, -0.15) is 4.31 Å². The van der Waals surface area contributed by atoms with Crippen molar-refractivity contribution < 1.29 is 13.2 Å². The third-order valence-electron chi connectivity index (χ3n) is 3.94. The lowest BCUT2D eigenvalue weighted by Crippen LogP contribution is -2.37. The molecule has 0 radical (unpaired) electrons. The number of benzene rings is 1. The molecule has 3 rings (SSSR count). The normalized spacial score (nSPS) is 16.8. The SMILES string of the molecule is Cn1cc(C(=O)N2CCCN(S(=O)(=O)c3ccccc3)CC2)nn1. The fourth-order valence-electron chi connectivity index (χ4n) is 2.69. The van der Waals surface area contributed by atoms with Gasteiger partial charge < -0.3 is 4.90 Å². The molecule has 9 heteroatoms. The van der Waals surface area contributed by atoms with Crippen LogP contribution in [0.4, 0.5) is 0 Å². The third-order valence-corrected chi connectivity index (χ3v) is 5.86. The van der Waals surface area contributed by atoms with Crippen LogP contribution in [0.5, 0.6) is 0 Å². The maximum atomic E-state index is 12.7. The quantitative estimate of drug-likeness (QED) is 0.798. The Morgan fingerprint density at radius 3 is 2.50 bits per heavy atom. The van der Waals surface area contributed by atoms with Gasteiger partial charge in [0, 0.05) is 33.2 Å². The molecule has 8 nitrogen and oxygen atoms in total. The van der Waals surface area contributed by atoms with Crippen LogP contribution in [0.3, 0.4) is 0 Å². The Labute approximate surface area is 140 Å². The standard InChI is InChI=1S/C15H19N5O3S/c1-18-12-14(16-17-18)15(21)19-8-5-9-20(11-10-19)24(22,23)13-6-3-2-4-7-13/h2-4,6-7,12H,5,8-11H2,1H3. The van der Waals surface area contributed by atoms with Crippen LogP contribution < -0.4 is 0 Å². The van der Waals surface area contributed by atoms with Crippen LogP contribution >= 0.6 is 0 Å². The van der Waals surface area contributed by atoms with Crippen LogP contribution in [0.25, 0.3) is 0 Å². The van der Waals surface area contributed by atoms with Crippen LogP contribution in [0, 0.1) is 0 Å². The highest BCUT2D eigenvalue weighted by molar-refractivity contribution is 7.89. The lowest BCUT2D eigenvalue weighted by atomic mass is 10.3. The van der Waals surface area contributed by atoms with Gasteiger partial charge in [0.05, 0.1) is 11.1 Å². The maximum absolute atomic E-state index is 12.7. The molecule has 1 fully saturated rings. The number of hydrogen-bond acceptors (Lipinski definition) is 5. The molecule has 0 N–H and O–H groups in total. The number of sulfonamides is 1. The van der Waals surface area contributed by atoms with Gasteiger partial charge >= 0.3 is 0 Å². The molecule has 1 aromatic heterocycles. The number of aromatic nitrogens is 3. The second-order valence-electron chi connectivity index (χ2n) is 5.64. The minimum Gasteiger partial charge on any atom is -0.336 e. The summed E-state index contributed by atoms with van der Waals surface area (Å²) in [5, 5.41) is 7.59. The van der Waals surface area contributed by atoms with Gasteiger partial charge in [-0.05, 0) is 18.6 Å². The van der Waals surface area contributed by atoms with Gasteiger partial charge in [-0.3, -0.25) is 9.48 Å². The van der Waals surface area contributed by atoms with Gasteiger partial charge in [-0.15, -0.1) is 5.10 Å². The summed E-state index contributed by atoms with van der Waals surface area (Å²) >= 11 is 0. The first-order chi connectivity index (χ1) is 11.5. The van der Waals surface area contributed by atoms with Crippen LogP contribution in [0.15, 0.2) is 41.4 Å². The summed E-state index contributed by atoms with van der Waals surface area (Å²) in [6.45, 7) is 1.49. The average Bonchev–Trinajstić information content (AvgIpc) is 2.86. The summed E-state index contributed by atoms with van der Waals surface area (Å²) in [5.41, 5.74) is 0.275. The summed E-state index contributed by atoms with van der Waals surface area (Å²) < 4.78 is 28.3. The van der Waals surface area contributed by atoms with Gasteiger partial charge in [0.1, 0.15) is 0 Å². The number of nitrogens with zero attached hydrogens (tertiary/aromatic N) is 5. The first-order valence-corrected chi connectivity index (χ1v) is 9.13. The third kappa shape index (κ3) is 3.31. The van der Waals surface area contributed by atoms with Crippen LogP contribution in [0.1, 0.15) is 16.9 Å². The topological polar surface area (TPSA) is 88.4 Å². The average molecular weight is 349 g/mol. The Morgan fingerprint density at radius 2 is 1.83 bits per heavy atom. The lowest BCUT2D eigenvalue weighted by molar-refractivity contribution is 0.0758. The van der Waals surface area contributed by atoms with E-state index in [-0.39, 0.29) is 23.0 Å². The van der Waals surface area contributed by atoms with E-state index in [0.717, 1.165) is 0 Å². The van der Waals surface area contributed by atoms with E-state index < -0.39 is 10.0 Å². The molecule has 128 valence electrons. The van der Waals surface area contributed by atoms with Crippen molar-refractivity contribution >= 4 is 15.9 Å². The first kappa shape index (κ1) is 16.6. The molecular weight excluding hydrogens is 330 g/mol. The summed E-state index contributed by atoms with van der Waals surface area (Å²) in [5.74, 6) is -0.220. The smallest absolute Gasteiger partial charge is 0.276 e. The first-order valence-electron chi connectivity index (χ1n) is 7.69. The van der Waals surface area contributed by atoms with Crippen LogP contribution in [-0.2, 0) is 17.1 Å². The Hall–Kier alpha value is -2.26. The van der Waals surface area contributed by atoms with E-state index in [4.69, 9.17) is 0 Å². The molecule has 0 spiro atoms. The van der Waals surface area contributed by atoms with Crippen molar-refractivity contribution in [1.82, 2.24) is 24.2 Å². The van der Waals surface area contributed by atoms with Crippen molar-refractivity contribution in [3.8, 4) is 0 Å². The van der Waals surface area contributed by atoms with Crippen molar-refractivity contribution in [2.75, 3.05) is 26.2 Å². The molecule has 0 bridgehead atoms. The Kier molecular flexibility index (Phi) is 4.63. The molecule has 1 aliphatic heterocycles.